The highest BCUT2D eigenvalue weighted by Gasteiger charge is 2.21. The standard InChI is InChI=1S/C17H20ClN3O3S2/c1-13-6-7-14(11-15(13)18)21(26(2,23)24)12-16(22)19-9-10-25-17-5-3-4-8-20-17/h3-8,11H,9-10,12H2,1-2H3,(H,19,22). The maximum atomic E-state index is 12.2. The van der Waals surface area contributed by atoms with E-state index >= 15 is 0 Å². The average Bonchev–Trinajstić information content (AvgIpc) is 2.59. The summed E-state index contributed by atoms with van der Waals surface area (Å²) < 4.78 is 25.2. The molecular weight excluding hydrogens is 394 g/mol. The molecule has 1 N–H and O–H groups in total. The van der Waals surface area contributed by atoms with Gasteiger partial charge in [-0.2, -0.15) is 0 Å². The zero-order valence-corrected chi connectivity index (χ0v) is 16.9. The van der Waals surface area contributed by atoms with E-state index in [2.05, 4.69) is 10.3 Å². The average molecular weight is 414 g/mol. The Morgan fingerprint density at radius 1 is 1.31 bits per heavy atom. The second-order valence-corrected chi connectivity index (χ2v) is 9.00. The van der Waals surface area contributed by atoms with Crippen LogP contribution in [0.25, 0.3) is 0 Å². The van der Waals surface area contributed by atoms with Gasteiger partial charge in [-0.1, -0.05) is 23.7 Å². The Bertz CT molecular complexity index is 861. The maximum absolute atomic E-state index is 12.2. The molecule has 0 fully saturated rings. The Kier molecular flexibility index (Phi) is 7.31. The number of halogens is 1. The predicted molar refractivity (Wildman–Crippen MR) is 106 cm³/mol. The number of sulfonamides is 1. The molecule has 0 saturated heterocycles. The lowest BCUT2D eigenvalue weighted by molar-refractivity contribution is -0.119. The van der Waals surface area contributed by atoms with Crippen LogP contribution in [0.3, 0.4) is 0 Å². The van der Waals surface area contributed by atoms with Crippen molar-refractivity contribution in [1.82, 2.24) is 10.3 Å². The highest BCUT2D eigenvalue weighted by atomic mass is 35.5. The van der Waals surface area contributed by atoms with E-state index in [0.29, 0.717) is 23.0 Å². The second-order valence-electron chi connectivity index (χ2n) is 5.57. The fourth-order valence-corrected chi connectivity index (χ4v) is 3.85. The third-order valence-corrected chi connectivity index (χ3v) is 5.94. The summed E-state index contributed by atoms with van der Waals surface area (Å²) in [4.78, 5) is 16.3. The predicted octanol–water partition coefficient (Wildman–Crippen LogP) is 2.72. The minimum atomic E-state index is -3.62. The first-order chi connectivity index (χ1) is 12.3. The monoisotopic (exact) mass is 413 g/mol. The van der Waals surface area contributed by atoms with E-state index in [0.717, 1.165) is 21.2 Å². The molecular formula is C17H20ClN3O3S2. The molecule has 0 aliphatic rings. The lowest BCUT2D eigenvalue weighted by Crippen LogP contribution is -2.41. The van der Waals surface area contributed by atoms with Crippen molar-refractivity contribution in [3.8, 4) is 0 Å². The van der Waals surface area contributed by atoms with E-state index in [9.17, 15) is 13.2 Å². The number of hydrogen-bond acceptors (Lipinski definition) is 5. The molecule has 9 heteroatoms. The molecule has 0 atom stereocenters. The van der Waals surface area contributed by atoms with Gasteiger partial charge in [-0.3, -0.25) is 9.10 Å². The van der Waals surface area contributed by atoms with Gasteiger partial charge >= 0.3 is 0 Å². The van der Waals surface area contributed by atoms with Crippen LogP contribution in [-0.4, -0.2) is 44.4 Å². The van der Waals surface area contributed by atoms with E-state index in [1.165, 1.54) is 11.8 Å². The van der Waals surface area contributed by atoms with Gasteiger partial charge in [0.2, 0.25) is 15.9 Å². The molecule has 0 aliphatic heterocycles. The van der Waals surface area contributed by atoms with Crippen molar-refractivity contribution in [3.05, 3.63) is 53.2 Å². The van der Waals surface area contributed by atoms with Crippen LogP contribution in [0.5, 0.6) is 0 Å². The Hall–Kier alpha value is -1.77. The van der Waals surface area contributed by atoms with Crippen LogP contribution in [0.2, 0.25) is 5.02 Å². The number of thioether (sulfide) groups is 1. The quantitative estimate of drug-likeness (QED) is 0.531. The number of anilines is 1. The number of pyridine rings is 1. The zero-order chi connectivity index (χ0) is 19.2. The summed E-state index contributed by atoms with van der Waals surface area (Å²) in [5.74, 6) is 0.256. The number of carbonyl (C=O) groups excluding carboxylic acids is 1. The fourth-order valence-electron chi connectivity index (χ4n) is 2.10. The Labute approximate surface area is 163 Å². The molecule has 0 spiro atoms. The van der Waals surface area contributed by atoms with Gasteiger partial charge in [-0.05, 0) is 36.8 Å². The normalized spacial score (nSPS) is 11.2. The largest absolute Gasteiger partial charge is 0.354 e. The van der Waals surface area contributed by atoms with Crippen molar-refractivity contribution >= 4 is 45.0 Å². The molecule has 2 rings (SSSR count). The summed E-state index contributed by atoms with van der Waals surface area (Å²) in [6, 6.07) is 10.5. The van der Waals surface area contributed by atoms with Gasteiger partial charge in [0.1, 0.15) is 6.54 Å². The zero-order valence-electron chi connectivity index (χ0n) is 14.5. The van der Waals surface area contributed by atoms with Crippen molar-refractivity contribution in [3.63, 3.8) is 0 Å². The number of nitrogens with zero attached hydrogens (tertiary/aromatic N) is 2. The first-order valence-corrected chi connectivity index (χ1v) is 11.0. The third kappa shape index (κ3) is 6.19. The number of carbonyl (C=O) groups is 1. The van der Waals surface area contributed by atoms with Crippen molar-refractivity contribution < 1.29 is 13.2 Å². The minimum Gasteiger partial charge on any atom is -0.354 e. The van der Waals surface area contributed by atoms with Gasteiger partial charge in [0.05, 0.1) is 17.0 Å². The molecule has 140 valence electrons. The van der Waals surface area contributed by atoms with Gasteiger partial charge in [-0.15, -0.1) is 11.8 Å². The highest BCUT2D eigenvalue weighted by molar-refractivity contribution is 7.99. The van der Waals surface area contributed by atoms with Crippen LogP contribution in [0.15, 0.2) is 47.6 Å². The maximum Gasteiger partial charge on any atom is 0.240 e. The number of rotatable bonds is 8. The van der Waals surface area contributed by atoms with Gasteiger partial charge < -0.3 is 5.32 Å². The van der Waals surface area contributed by atoms with Crippen LogP contribution < -0.4 is 9.62 Å². The van der Waals surface area contributed by atoms with E-state index in [1.54, 1.807) is 24.4 Å². The van der Waals surface area contributed by atoms with Crippen LogP contribution >= 0.6 is 23.4 Å². The molecule has 0 bridgehead atoms. The van der Waals surface area contributed by atoms with Crippen molar-refractivity contribution in [2.24, 2.45) is 0 Å². The van der Waals surface area contributed by atoms with Crippen LogP contribution in [0.1, 0.15) is 5.56 Å². The van der Waals surface area contributed by atoms with Crippen LogP contribution in [-0.2, 0) is 14.8 Å². The van der Waals surface area contributed by atoms with E-state index < -0.39 is 10.0 Å². The number of amides is 1. The van der Waals surface area contributed by atoms with Gasteiger partial charge in [-0.25, -0.2) is 13.4 Å². The van der Waals surface area contributed by atoms with E-state index in [4.69, 9.17) is 11.6 Å². The van der Waals surface area contributed by atoms with Crippen LogP contribution in [0, 0.1) is 6.92 Å². The van der Waals surface area contributed by atoms with E-state index in [-0.39, 0.29) is 12.5 Å². The van der Waals surface area contributed by atoms with Crippen molar-refractivity contribution in [1.29, 1.82) is 0 Å². The summed E-state index contributed by atoms with van der Waals surface area (Å²) in [7, 11) is -3.62. The Balaban J connectivity index is 1.93. The molecule has 6 nitrogen and oxygen atoms in total. The Morgan fingerprint density at radius 2 is 2.08 bits per heavy atom. The molecule has 1 aromatic heterocycles. The molecule has 0 aliphatic carbocycles. The number of benzene rings is 1. The summed E-state index contributed by atoms with van der Waals surface area (Å²) in [6.07, 6.45) is 2.77. The van der Waals surface area contributed by atoms with Crippen LogP contribution in [0.4, 0.5) is 5.69 Å². The van der Waals surface area contributed by atoms with Gasteiger partial charge in [0.15, 0.2) is 0 Å². The van der Waals surface area contributed by atoms with Gasteiger partial charge in [0.25, 0.3) is 0 Å². The van der Waals surface area contributed by atoms with Crippen molar-refractivity contribution in [2.75, 3.05) is 29.4 Å². The van der Waals surface area contributed by atoms with E-state index in [1.807, 2.05) is 25.1 Å². The molecule has 0 radical (unpaired) electrons. The molecule has 2 aromatic rings. The second kappa shape index (κ2) is 9.25. The topological polar surface area (TPSA) is 79.4 Å². The molecule has 1 heterocycles. The number of aryl methyl sites for hydroxylation is 1. The summed E-state index contributed by atoms with van der Waals surface area (Å²) in [6.45, 7) is 1.93. The number of aromatic nitrogens is 1. The number of hydrogen-bond donors (Lipinski definition) is 1. The van der Waals surface area contributed by atoms with Crippen molar-refractivity contribution in [2.45, 2.75) is 11.9 Å². The lowest BCUT2D eigenvalue weighted by atomic mass is 10.2. The molecule has 26 heavy (non-hydrogen) atoms. The van der Waals surface area contributed by atoms with Gasteiger partial charge in [0, 0.05) is 23.5 Å². The summed E-state index contributed by atoms with van der Waals surface area (Å²) in [5.41, 5.74) is 1.20. The fraction of sp³-hybridized carbons (Fsp3) is 0.294. The molecule has 0 saturated carbocycles. The third-order valence-electron chi connectivity index (χ3n) is 3.44. The first-order valence-electron chi connectivity index (χ1n) is 7.82. The lowest BCUT2D eigenvalue weighted by Gasteiger charge is -2.22. The number of nitrogens with one attached hydrogen (secondary N) is 1. The SMILES string of the molecule is Cc1ccc(N(CC(=O)NCCSc2ccccn2)S(C)(=O)=O)cc1Cl. The summed E-state index contributed by atoms with van der Waals surface area (Å²) >= 11 is 7.59. The summed E-state index contributed by atoms with van der Waals surface area (Å²) in [5, 5.41) is 4.04. The molecule has 1 aromatic carbocycles. The molecule has 1 amide bonds. The smallest absolute Gasteiger partial charge is 0.240 e. The molecule has 0 unspecified atom stereocenters. The Morgan fingerprint density at radius 3 is 2.69 bits per heavy atom. The first kappa shape index (κ1) is 20.5. The minimum absolute atomic E-state index is 0.299. The highest BCUT2D eigenvalue weighted by Crippen LogP contribution is 2.24.